The topological polar surface area (TPSA) is 35.5 Å². The fourth-order valence-corrected chi connectivity index (χ4v) is 2.46. The van der Waals surface area contributed by atoms with Crippen LogP contribution in [0.1, 0.15) is 11.1 Å². The summed E-state index contributed by atoms with van der Waals surface area (Å²) in [6, 6.07) is 19.2. The van der Waals surface area contributed by atoms with E-state index in [1.807, 2.05) is 60.7 Å². The molecule has 0 radical (unpaired) electrons. The SMILES string of the molecule is COCC(C(=O)OC)(c1ccccc1)c1ccccc1. The Morgan fingerprint density at radius 3 is 1.70 bits per heavy atom. The molecule has 20 heavy (non-hydrogen) atoms. The quantitative estimate of drug-likeness (QED) is 0.784. The molecule has 0 unspecified atom stereocenters. The lowest BCUT2D eigenvalue weighted by molar-refractivity contribution is -0.147. The van der Waals surface area contributed by atoms with Gasteiger partial charge in [0, 0.05) is 7.11 Å². The van der Waals surface area contributed by atoms with Crippen molar-refractivity contribution in [2.24, 2.45) is 0 Å². The molecule has 3 heteroatoms. The second-order valence-electron chi connectivity index (χ2n) is 4.56. The molecule has 0 saturated carbocycles. The lowest BCUT2D eigenvalue weighted by Gasteiger charge is -2.31. The van der Waals surface area contributed by atoms with E-state index in [-0.39, 0.29) is 12.6 Å². The minimum Gasteiger partial charge on any atom is -0.468 e. The molecule has 0 aliphatic carbocycles. The number of carbonyl (C=O) groups excluding carboxylic acids is 1. The second kappa shape index (κ2) is 6.35. The average Bonchev–Trinajstić information content (AvgIpc) is 2.53. The predicted molar refractivity (Wildman–Crippen MR) is 77.6 cm³/mol. The summed E-state index contributed by atoms with van der Waals surface area (Å²) in [4.78, 5) is 12.5. The molecule has 0 aliphatic heterocycles. The molecule has 0 aliphatic rings. The van der Waals surface area contributed by atoms with E-state index in [1.165, 1.54) is 7.11 Å². The summed E-state index contributed by atoms with van der Waals surface area (Å²) in [5.41, 5.74) is 0.784. The molecule has 3 nitrogen and oxygen atoms in total. The number of ether oxygens (including phenoxy) is 2. The summed E-state index contributed by atoms with van der Waals surface area (Å²) < 4.78 is 10.4. The van der Waals surface area contributed by atoms with Crippen LogP contribution in [-0.2, 0) is 19.7 Å². The number of methoxy groups -OCH3 is 2. The smallest absolute Gasteiger partial charge is 0.323 e. The van der Waals surface area contributed by atoms with Crippen molar-refractivity contribution < 1.29 is 14.3 Å². The molecule has 0 saturated heterocycles. The Hall–Kier alpha value is -2.13. The number of carbonyl (C=O) groups is 1. The monoisotopic (exact) mass is 270 g/mol. The van der Waals surface area contributed by atoms with Crippen LogP contribution < -0.4 is 0 Å². The summed E-state index contributed by atoms with van der Waals surface area (Å²) in [7, 11) is 2.99. The molecule has 0 heterocycles. The molecule has 0 spiro atoms. The normalized spacial score (nSPS) is 11.1. The third-order valence-electron chi connectivity index (χ3n) is 3.43. The zero-order chi connectivity index (χ0) is 14.4. The van der Waals surface area contributed by atoms with Crippen molar-refractivity contribution in [2.75, 3.05) is 20.8 Å². The fraction of sp³-hybridized carbons (Fsp3) is 0.235. The maximum Gasteiger partial charge on any atom is 0.323 e. The largest absolute Gasteiger partial charge is 0.468 e. The number of hydrogen-bond donors (Lipinski definition) is 0. The van der Waals surface area contributed by atoms with E-state index in [2.05, 4.69) is 0 Å². The number of benzene rings is 2. The van der Waals surface area contributed by atoms with Crippen LogP contribution >= 0.6 is 0 Å². The van der Waals surface area contributed by atoms with Gasteiger partial charge in [-0.2, -0.15) is 0 Å². The fourth-order valence-electron chi connectivity index (χ4n) is 2.46. The Morgan fingerprint density at radius 1 is 0.900 bits per heavy atom. The summed E-state index contributed by atoms with van der Waals surface area (Å²) in [6.45, 7) is 0.230. The highest BCUT2D eigenvalue weighted by Crippen LogP contribution is 2.34. The van der Waals surface area contributed by atoms with E-state index in [0.717, 1.165) is 11.1 Å². The van der Waals surface area contributed by atoms with Crippen LogP contribution in [0.4, 0.5) is 0 Å². The molecule has 104 valence electrons. The molecule has 0 bridgehead atoms. The van der Waals surface area contributed by atoms with Gasteiger partial charge in [0.2, 0.25) is 0 Å². The molecule has 2 rings (SSSR count). The lowest BCUT2D eigenvalue weighted by Crippen LogP contribution is -2.42. The molecule has 2 aromatic carbocycles. The van der Waals surface area contributed by atoms with E-state index in [0.29, 0.717) is 0 Å². The zero-order valence-electron chi connectivity index (χ0n) is 11.7. The number of hydrogen-bond acceptors (Lipinski definition) is 3. The standard InChI is InChI=1S/C17H18O3/c1-19-13-17(16(18)20-2,14-9-5-3-6-10-14)15-11-7-4-8-12-15/h3-12H,13H2,1-2H3. The highest BCUT2D eigenvalue weighted by atomic mass is 16.5. The maximum atomic E-state index is 12.5. The molecule has 0 aromatic heterocycles. The van der Waals surface area contributed by atoms with E-state index in [1.54, 1.807) is 7.11 Å². The van der Waals surface area contributed by atoms with Gasteiger partial charge in [0.1, 0.15) is 5.41 Å². The summed E-state index contributed by atoms with van der Waals surface area (Å²) >= 11 is 0. The van der Waals surface area contributed by atoms with Crippen molar-refractivity contribution in [1.82, 2.24) is 0 Å². The van der Waals surface area contributed by atoms with E-state index in [9.17, 15) is 4.79 Å². The van der Waals surface area contributed by atoms with Gasteiger partial charge in [-0.15, -0.1) is 0 Å². The molecule has 0 amide bonds. The average molecular weight is 270 g/mol. The third kappa shape index (κ3) is 2.45. The highest BCUT2D eigenvalue weighted by Gasteiger charge is 2.43. The van der Waals surface area contributed by atoms with Crippen molar-refractivity contribution in [3.8, 4) is 0 Å². The summed E-state index contributed by atoms with van der Waals surface area (Å²) in [5.74, 6) is -0.322. The zero-order valence-corrected chi connectivity index (χ0v) is 11.7. The Labute approximate surface area is 119 Å². The molecule has 0 atom stereocenters. The van der Waals surface area contributed by atoms with Gasteiger partial charge in [0.15, 0.2) is 0 Å². The van der Waals surface area contributed by atoms with Gasteiger partial charge in [0.25, 0.3) is 0 Å². The van der Waals surface area contributed by atoms with Gasteiger partial charge in [-0.25, -0.2) is 0 Å². The van der Waals surface area contributed by atoms with Crippen LogP contribution in [0.5, 0.6) is 0 Å². The lowest BCUT2D eigenvalue weighted by atomic mass is 9.75. The Balaban J connectivity index is 2.66. The first kappa shape index (κ1) is 14.3. The predicted octanol–water partition coefficient (Wildman–Crippen LogP) is 2.79. The van der Waals surface area contributed by atoms with Crippen LogP contribution in [0, 0.1) is 0 Å². The third-order valence-corrected chi connectivity index (χ3v) is 3.43. The number of rotatable bonds is 5. The first-order chi connectivity index (χ1) is 9.75. The summed E-state index contributed by atoms with van der Waals surface area (Å²) in [5, 5.41) is 0. The molecular weight excluding hydrogens is 252 g/mol. The van der Waals surface area contributed by atoms with Gasteiger partial charge in [-0.3, -0.25) is 4.79 Å². The van der Waals surface area contributed by atoms with Gasteiger partial charge < -0.3 is 9.47 Å². The van der Waals surface area contributed by atoms with Crippen molar-refractivity contribution >= 4 is 5.97 Å². The van der Waals surface area contributed by atoms with E-state index in [4.69, 9.17) is 9.47 Å². The van der Waals surface area contributed by atoms with Crippen LogP contribution in [0.3, 0.4) is 0 Å². The maximum absolute atomic E-state index is 12.5. The number of esters is 1. The Bertz CT molecular complexity index is 509. The van der Waals surface area contributed by atoms with Crippen LogP contribution in [0.2, 0.25) is 0 Å². The first-order valence-electron chi connectivity index (χ1n) is 6.44. The summed E-state index contributed by atoms with van der Waals surface area (Å²) in [6.07, 6.45) is 0. The minimum absolute atomic E-state index is 0.230. The van der Waals surface area contributed by atoms with E-state index < -0.39 is 5.41 Å². The van der Waals surface area contributed by atoms with E-state index >= 15 is 0 Å². The van der Waals surface area contributed by atoms with Crippen molar-refractivity contribution in [1.29, 1.82) is 0 Å². The molecule has 0 fully saturated rings. The first-order valence-corrected chi connectivity index (χ1v) is 6.44. The van der Waals surface area contributed by atoms with Gasteiger partial charge in [-0.1, -0.05) is 60.7 Å². The Kier molecular flexibility index (Phi) is 4.53. The van der Waals surface area contributed by atoms with Gasteiger partial charge in [-0.05, 0) is 11.1 Å². The van der Waals surface area contributed by atoms with Crippen LogP contribution in [-0.4, -0.2) is 26.8 Å². The van der Waals surface area contributed by atoms with Gasteiger partial charge >= 0.3 is 5.97 Å². The van der Waals surface area contributed by atoms with Crippen LogP contribution in [0.25, 0.3) is 0 Å². The Morgan fingerprint density at radius 2 is 1.35 bits per heavy atom. The second-order valence-corrected chi connectivity index (χ2v) is 4.56. The molecule has 2 aromatic rings. The van der Waals surface area contributed by atoms with Crippen LogP contribution in [0.15, 0.2) is 60.7 Å². The van der Waals surface area contributed by atoms with Crippen molar-refractivity contribution in [3.63, 3.8) is 0 Å². The highest BCUT2D eigenvalue weighted by molar-refractivity contribution is 5.87. The van der Waals surface area contributed by atoms with Crippen molar-refractivity contribution in [2.45, 2.75) is 5.41 Å². The van der Waals surface area contributed by atoms with Crippen molar-refractivity contribution in [3.05, 3.63) is 71.8 Å². The van der Waals surface area contributed by atoms with Gasteiger partial charge in [0.05, 0.1) is 13.7 Å². The minimum atomic E-state index is -0.938. The molecular formula is C17H18O3. The molecule has 0 N–H and O–H groups in total.